The number of rotatable bonds is 2. The van der Waals surface area contributed by atoms with E-state index in [0.717, 1.165) is 0 Å². The molecule has 0 atom stereocenters. The number of hydrogen-bond acceptors (Lipinski definition) is 1. The molecule has 0 saturated carbocycles. The van der Waals surface area contributed by atoms with Crippen LogP contribution in [-0.2, 0) is 0 Å². The van der Waals surface area contributed by atoms with Crippen LogP contribution in [0.25, 0.3) is 66.1 Å². The number of aromatic nitrogens is 1. The molecule has 1 heterocycles. The summed E-state index contributed by atoms with van der Waals surface area (Å²) < 4.78 is 0. The van der Waals surface area contributed by atoms with Crippen LogP contribution in [0.4, 0.5) is 0 Å². The third kappa shape index (κ3) is 2.42. The van der Waals surface area contributed by atoms with Gasteiger partial charge in [-0.05, 0) is 78.9 Å². The van der Waals surface area contributed by atoms with Gasteiger partial charge >= 0.3 is 0 Å². The summed E-state index contributed by atoms with van der Waals surface area (Å²) in [6, 6.07) is 37.4. The van der Waals surface area contributed by atoms with Crippen molar-refractivity contribution in [1.29, 1.82) is 0 Å². The minimum Gasteiger partial charge on any atom is -0.264 e. The molecule has 1 aromatic heterocycles. The summed E-state index contributed by atoms with van der Waals surface area (Å²) in [5, 5.41) is 5.06. The third-order valence-corrected chi connectivity index (χ3v) is 6.70. The van der Waals surface area contributed by atoms with Crippen LogP contribution >= 0.6 is 0 Å². The molecule has 5 aromatic carbocycles. The Balaban J connectivity index is 1.54. The van der Waals surface area contributed by atoms with Crippen LogP contribution in [0.1, 0.15) is 0 Å². The predicted octanol–water partition coefficient (Wildman–Crippen LogP) is 8.37. The van der Waals surface area contributed by atoms with Gasteiger partial charge in [-0.3, -0.25) is 4.98 Å². The molecule has 1 heteroatoms. The lowest BCUT2D eigenvalue weighted by Crippen LogP contribution is -1.88. The quantitative estimate of drug-likeness (QED) is 0.281. The van der Waals surface area contributed by atoms with Crippen molar-refractivity contribution >= 4 is 21.5 Å². The SMILES string of the molecule is c1ccc(-c2cc(-c3ccc4c5c(cccc35)-c3ccccc3-4)cc3ccncc23)cc1. The van der Waals surface area contributed by atoms with Gasteiger partial charge in [0.2, 0.25) is 0 Å². The van der Waals surface area contributed by atoms with Crippen molar-refractivity contribution in [3.05, 3.63) is 116 Å². The Morgan fingerprint density at radius 2 is 1.16 bits per heavy atom. The summed E-state index contributed by atoms with van der Waals surface area (Å²) >= 11 is 0. The summed E-state index contributed by atoms with van der Waals surface area (Å²) in [6.07, 6.45) is 3.86. The van der Waals surface area contributed by atoms with Crippen molar-refractivity contribution in [2.75, 3.05) is 0 Å². The van der Waals surface area contributed by atoms with Crippen molar-refractivity contribution in [2.24, 2.45) is 0 Å². The van der Waals surface area contributed by atoms with E-state index in [1.807, 2.05) is 12.4 Å². The summed E-state index contributed by atoms with van der Waals surface area (Å²) in [4.78, 5) is 4.41. The average Bonchev–Trinajstić information content (AvgIpc) is 3.20. The van der Waals surface area contributed by atoms with Crippen molar-refractivity contribution in [3.8, 4) is 44.5 Å². The lowest BCUT2D eigenvalue weighted by atomic mass is 9.90. The molecule has 6 aromatic rings. The number of nitrogens with zero attached hydrogens (tertiary/aromatic N) is 1. The largest absolute Gasteiger partial charge is 0.264 e. The van der Waals surface area contributed by atoms with Gasteiger partial charge < -0.3 is 0 Å². The van der Waals surface area contributed by atoms with E-state index >= 15 is 0 Å². The summed E-state index contributed by atoms with van der Waals surface area (Å²) in [5.41, 5.74) is 10.3. The Morgan fingerprint density at radius 1 is 0.438 bits per heavy atom. The van der Waals surface area contributed by atoms with Gasteiger partial charge in [0.25, 0.3) is 0 Å². The van der Waals surface area contributed by atoms with Crippen molar-refractivity contribution < 1.29 is 0 Å². The zero-order valence-electron chi connectivity index (χ0n) is 17.4. The van der Waals surface area contributed by atoms with Gasteiger partial charge in [-0.1, -0.05) is 84.9 Å². The fraction of sp³-hybridized carbons (Fsp3) is 0. The molecule has 0 bridgehead atoms. The highest BCUT2D eigenvalue weighted by molar-refractivity contribution is 6.19. The molecule has 1 nitrogen and oxygen atoms in total. The van der Waals surface area contributed by atoms with Crippen LogP contribution in [0.2, 0.25) is 0 Å². The van der Waals surface area contributed by atoms with E-state index in [2.05, 4.69) is 108 Å². The number of benzene rings is 5. The first-order valence-corrected chi connectivity index (χ1v) is 11.0. The number of fused-ring (bicyclic) bond motifs is 4. The van der Waals surface area contributed by atoms with Crippen LogP contribution in [0, 0.1) is 0 Å². The van der Waals surface area contributed by atoms with Gasteiger partial charge in [0.15, 0.2) is 0 Å². The second-order valence-corrected chi connectivity index (χ2v) is 8.42. The molecule has 0 spiro atoms. The van der Waals surface area contributed by atoms with Gasteiger partial charge in [-0.2, -0.15) is 0 Å². The van der Waals surface area contributed by atoms with Crippen LogP contribution in [0.3, 0.4) is 0 Å². The molecule has 0 unspecified atom stereocenters. The third-order valence-electron chi connectivity index (χ3n) is 6.70. The smallest absolute Gasteiger partial charge is 0.0352 e. The van der Waals surface area contributed by atoms with E-state index in [9.17, 15) is 0 Å². The van der Waals surface area contributed by atoms with Crippen LogP contribution in [0.15, 0.2) is 116 Å². The average molecular weight is 406 g/mol. The normalized spacial score (nSPS) is 11.8. The zero-order chi connectivity index (χ0) is 21.1. The minimum atomic E-state index is 1.18. The molecule has 1 aliphatic rings. The maximum absolute atomic E-state index is 4.41. The second kappa shape index (κ2) is 6.63. The Morgan fingerprint density at radius 3 is 2.00 bits per heavy atom. The van der Waals surface area contributed by atoms with Crippen LogP contribution in [0.5, 0.6) is 0 Å². The molecule has 7 rings (SSSR count). The lowest BCUT2D eigenvalue weighted by Gasteiger charge is -2.14. The molecule has 0 fully saturated rings. The van der Waals surface area contributed by atoms with Crippen molar-refractivity contribution in [1.82, 2.24) is 4.98 Å². The van der Waals surface area contributed by atoms with E-state index < -0.39 is 0 Å². The molecule has 0 aliphatic heterocycles. The second-order valence-electron chi connectivity index (χ2n) is 8.42. The zero-order valence-corrected chi connectivity index (χ0v) is 17.4. The maximum atomic E-state index is 4.41. The Hall–Kier alpha value is -4.23. The number of hydrogen-bond donors (Lipinski definition) is 0. The fourth-order valence-electron chi connectivity index (χ4n) is 5.27. The highest BCUT2D eigenvalue weighted by Crippen LogP contribution is 2.49. The Kier molecular flexibility index (Phi) is 3.62. The highest BCUT2D eigenvalue weighted by atomic mass is 14.6. The maximum Gasteiger partial charge on any atom is 0.0352 e. The van der Waals surface area contributed by atoms with E-state index in [4.69, 9.17) is 0 Å². The molecule has 0 radical (unpaired) electrons. The lowest BCUT2D eigenvalue weighted by molar-refractivity contribution is 1.36. The molecular weight excluding hydrogens is 386 g/mol. The van der Waals surface area contributed by atoms with E-state index in [-0.39, 0.29) is 0 Å². The van der Waals surface area contributed by atoms with Gasteiger partial charge in [0.05, 0.1) is 0 Å². The van der Waals surface area contributed by atoms with E-state index in [0.29, 0.717) is 0 Å². The Labute approximate surface area is 186 Å². The molecule has 148 valence electrons. The highest BCUT2D eigenvalue weighted by Gasteiger charge is 2.22. The summed E-state index contributed by atoms with van der Waals surface area (Å²) in [6.45, 7) is 0. The summed E-state index contributed by atoms with van der Waals surface area (Å²) in [7, 11) is 0. The first kappa shape index (κ1) is 17.5. The van der Waals surface area contributed by atoms with Gasteiger partial charge in [-0.25, -0.2) is 0 Å². The van der Waals surface area contributed by atoms with Crippen molar-refractivity contribution in [2.45, 2.75) is 0 Å². The summed E-state index contributed by atoms with van der Waals surface area (Å²) in [5.74, 6) is 0. The van der Waals surface area contributed by atoms with Gasteiger partial charge in [0.1, 0.15) is 0 Å². The van der Waals surface area contributed by atoms with Crippen LogP contribution in [-0.4, -0.2) is 4.98 Å². The molecule has 0 saturated heterocycles. The van der Waals surface area contributed by atoms with E-state index in [1.54, 1.807) is 0 Å². The van der Waals surface area contributed by atoms with Gasteiger partial charge in [0, 0.05) is 17.8 Å². The number of pyridine rings is 1. The predicted molar refractivity (Wildman–Crippen MR) is 135 cm³/mol. The first-order chi connectivity index (χ1) is 15.9. The van der Waals surface area contributed by atoms with Crippen LogP contribution < -0.4 is 0 Å². The Bertz CT molecular complexity index is 1630. The standard InChI is InChI=1S/C31H19N/c1-2-7-20(8-3-1)29-18-22(17-21-15-16-32-19-30(21)29)23-13-14-28-25-10-5-4-9-24(25)27-12-6-11-26(23)31(27)28/h1-19H. The molecular formula is C31H19N. The molecule has 0 N–H and O–H groups in total. The first-order valence-electron chi connectivity index (χ1n) is 11.0. The monoisotopic (exact) mass is 405 g/mol. The minimum absolute atomic E-state index is 1.18. The van der Waals surface area contributed by atoms with Gasteiger partial charge in [-0.15, -0.1) is 0 Å². The topological polar surface area (TPSA) is 12.9 Å². The fourth-order valence-corrected chi connectivity index (χ4v) is 5.27. The molecule has 0 amide bonds. The molecule has 32 heavy (non-hydrogen) atoms. The molecule has 1 aliphatic carbocycles. The van der Waals surface area contributed by atoms with E-state index in [1.165, 1.54) is 66.1 Å². The van der Waals surface area contributed by atoms with Crippen molar-refractivity contribution in [3.63, 3.8) is 0 Å².